The van der Waals surface area contributed by atoms with Crippen molar-refractivity contribution in [3.8, 4) is 11.5 Å². The molecule has 0 bridgehead atoms. The molecule has 1 amide bonds. The molecule has 0 heterocycles. The Balaban J connectivity index is 1.59. The van der Waals surface area contributed by atoms with Gasteiger partial charge in [-0.15, -0.1) is 11.8 Å². The third-order valence-electron chi connectivity index (χ3n) is 6.25. The highest BCUT2D eigenvalue weighted by atomic mass is 32.2. The van der Waals surface area contributed by atoms with Crippen molar-refractivity contribution in [1.29, 1.82) is 0 Å². The van der Waals surface area contributed by atoms with Crippen molar-refractivity contribution in [2.75, 3.05) is 32.1 Å². The Kier molecular flexibility index (Phi) is 12.4. The lowest BCUT2D eigenvalue weighted by Crippen LogP contribution is -2.38. The van der Waals surface area contributed by atoms with Crippen molar-refractivity contribution in [2.45, 2.75) is 51.5 Å². The fourth-order valence-corrected chi connectivity index (χ4v) is 5.22. The summed E-state index contributed by atoms with van der Waals surface area (Å²) < 4.78 is 17.1. The number of hydrogen-bond acceptors (Lipinski definition) is 6. The molecule has 3 aromatic rings. The summed E-state index contributed by atoms with van der Waals surface area (Å²) in [4.78, 5) is 27.5. The number of hydrogen-bond donors (Lipinski definition) is 1. The van der Waals surface area contributed by atoms with Gasteiger partial charge in [-0.1, -0.05) is 48.0 Å². The van der Waals surface area contributed by atoms with Gasteiger partial charge in [-0.05, 0) is 80.8 Å². The van der Waals surface area contributed by atoms with Crippen LogP contribution in [0.2, 0.25) is 0 Å². The first kappa shape index (κ1) is 31.0. The molecule has 0 radical (unpaired) electrons. The predicted molar refractivity (Wildman–Crippen MR) is 159 cm³/mol. The maximum atomic E-state index is 13.2. The number of thioether (sulfide) groups is 1. The summed E-state index contributed by atoms with van der Waals surface area (Å²) >= 11 is 1.76. The second-order valence-electron chi connectivity index (χ2n) is 9.58. The molecule has 1 atom stereocenters. The topological polar surface area (TPSA) is 85.3 Å². The SMILES string of the molecule is CCOC(Cc1ccc(OCCN(CCCSc2ccccc2)C(=O)Oc2c(C)cc(C)cc2C)cc1)C(=O)O. The molecule has 0 fully saturated rings. The van der Waals surface area contributed by atoms with Gasteiger partial charge in [-0.3, -0.25) is 0 Å². The van der Waals surface area contributed by atoms with Crippen molar-refractivity contribution >= 4 is 23.8 Å². The molecule has 0 aliphatic carbocycles. The Morgan fingerprint density at radius 3 is 2.25 bits per heavy atom. The molecular formula is C32H39NO6S. The summed E-state index contributed by atoms with van der Waals surface area (Å²) in [6.45, 7) is 9.23. The minimum atomic E-state index is -0.979. The van der Waals surface area contributed by atoms with Crippen LogP contribution >= 0.6 is 11.8 Å². The van der Waals surface area contributed by atoms with E-state index >= 15 is 0 Å². The van der Waals surface area contributed by atoms with Crippen LogP contribution in [-0.2, 0) is 16.0 Å². The maximum Gasteiger partial charge on any atom is 0.415 e. The highest BCUT2D eigenvalue weighted by Crippen LogP contribution is 2.25. The number of ether oxygens (including phenoxy) is 3. The van der Waals surface area contributed by atoms with Crippen molar-refractivity contribution < 1.29 is 28.9 Å². The van der Waals surface area contributed by atoms with Crippen molar-refractivity contribution in [3.63, 3.8) is 0 Å². The van der Waals surface area contributed by atoms with Crippen molar-refractivity contribution in [2.24, 2.45) is 0 Å². The molecule has 8 heteroatoms. The number of carboxylic acids is 1. The number of aliphatic carboxylic acids is 1. The normalized spacial score (nSPS) is 11.6. The second-order valence-corrected chi connectivity index (χ2v) is 10.7. The number of benzene rings is 3. The Morgan fingerprint density at radius 1 is 0.950 bits per heavy atom. The summed E-state index contributed by atoms with van der Waals surface area (Å²) in [7, 11) is 0. The van der Waals surface area contributed by atoms with E-state index in [1.807, 2.05) is 63.2 Å². The van der Waals surface area contributed by atoms with Gasteiger partial charge in [-0.2, -0.15) is 0 Å². The molecule has 0 aromatic heterocycles. The summed E-state index contributed by atoms with van der Waals surface area (Å²) in [5.74, 6) is 1.14. The number of nitrogens with zero attached hydrogens (tertiary/aromatic N) is 1. The van der Waals surface area contributed by atoms with Crippen molar-refractivity contribution in [1.82, 2.24) is 4.90 Å². The molecule has 0 saturated carbocycles. The molecule has 3 rings (SSSR count). The van der Waals surface area contributed by atoms with E-state index in [1.54, 1.807) is 35.7 Å². The Hall–Kier alpha value is -3.49. The second kappa shape index (κ2) is 15.9. The zero-order valence-corrected chi connectivity index (χ0v) is 24.5. The van der Waals surface area contributed by atoms with E-state index in [-0.39, 0.29) is 6.42 Å². The molecule has 0 spiro atoms. The third-order valence-corrected chi connectivity index (χ3v) is 7.35. The lowest BCUT2D eigenvalue weighted by atomic mass is 10.1. The van der Waals surface area contributed by atoms with Gasteiger partial charge in [-0.25, -0.2) is 9.59 Å². The monoisotopic (exact) mass is 565 g/mol. The van der Waals surface area contributed by atoms with Crippen LogP contribution in [0, 0.1) is 20.8 Å². The van der Waals surface area contributed by atoms with Crippen LogP contribution in [0.15, 0.2) is 71.6 Å². The van der Waals surface area contributed by atoms with E-state index in [0.29, 0.717) is 37.8 Å². The first-order valence-electron chi connectivity index (χ1n) is 13.6. The molecule has 1 unspecified atom stereocenters. The third kappa shape index (κ3) is 9.92. The first-order valence-corrected chi connectivity index (χ1v) is 14.5. The molecular weight excluding hydrogens is 526 g/mol. The zero-order chi connectivity index (χ0) is 28.9. The van der Waals surface area contributed by atoms with E-state index in [0.717, 1.165) is 34.4 Å². The van der Waals surface area contributed by atoms with Crippen LogP contribution in [0.5, 0.6) is 11.5 Å². The molecule has 0 aliphatic heterocycles. The predicted octanol–water partition coefficient (Wildman–Crippen LogP) is 6.71. The lowest BCUT2D eigenvalue weighted by molar-refractivity contribution is -0.149. The number of aryl methyl sites for hydroxylation is 3. The molecule has 214 valence electrons. The van der Waals surface area contributed by atoms with Gasteiger partial charge >= 0.3 is 12.1 Å². The Labute approximate surface area is 241 Å². The van der Waals surface area contributed by atoms with E-state index in [2.05, 4.69) is 12.1 Å². The van der Waals surface area contributed by atoms with Gasteiger partial charge in [0.1, 0.15) is 18.1 Å². The van der Waals surface area contributed by atoms with Crippen LogP contribution in [0.3, 0.4) is 0 Å². The molecule has 40 heavy (non-hydrogen) atoms. The van der Waals surface area contributed by atoms with Gasteiger partial charge in [0.25, 0.3) is 0 Å². The van der Waals surface area contributed by atoms with E-state index < -0.39 is 18.2 Å². The zero-order valence-electron chi connectivity index (χ0n) is 23.7. The van der Waals surface area contributed by atoms with Crippen LogP contribution in [-0.4, -0.2) is 60.2 Å². The summed E-state index contributed by atoms with van der Waals surface area (Å²) in [6, 6.07) is 21.5. The van der Waals surface area contributed by atoms with Crippen molar-refractivity contribution in [3.05, 3.63) is 89.0 Å². The van der Waals surface area contributed by atoms with Crippen LogP contribution in [0.25, 0.3) is 0 Å². The number of carbonyl (C=O) groups is 2. The minimum Gasteiger partial charge on any atom is -0.492 e. The van der Waals surface area contributed by atoms with Crippen LogP contribution < -0.4 is 9.47 Å². The number of carbonyl (C=O) groups excluding carboxylic acids is 1. The average molecular weight is 566 g/mol. The molecule has 0 saturated heterocycles. The van der Waals surface area contributed by atoms with Gasteiger partial charge in [0, 0.05) is 24.5 Å². The smallest absolute Gasteiger partial charge is 0.415 e. The fourth-order valence-electron chi connectivity index (χ4n) is 4.36. The van der Waals surface area contributed by atoms with E-state index in [4.69, 9.17) is 14.2 Å². The van der Waals surface area contributed by atoms with Gasteiger partial charge in [0.2, 0.25) is 0 Å². The highest BCUT2D eigenvalue weighted by molar-refractivity contribution is 7.99. The maximum absolute atomic E-state index is 13.2. The van der Waals surface area contributed by atoms with Gasteiger partial charge in [0.05, 0.1) is 6.54 Å². The summed E-state index contributed by atoms with van der Waals surface area (Å²) in [5, 5.41) is 9.31. The molecule has 7 nitrogen and oxygen atoms in total. The van der Waals surface area contributed by atoms with E-state index in [9.17, 15) is 14.7 Å². The van der Waals surface area contributed by atoms with Crippen LogP contribution in [0.1, 0.15) is 35.6 Å². The number of amides is 1. The number of carboxylic acid groups (broad SMARTS) is 1. The standard InChI is InChI=1S/C32H39NO6S/c1-5-37-29(31(34)35)22-26-12-14-27(15-13-26)38-18-17-33(16-9-19-40-28-10-7-6-8-11-28)32(36)39-30-24(3)20-23(2)21-25(30)4/h6-8,10-15,20-21,29H,5,9,16-19,22H2,1-4H3,(H,34,35). The molecule has 1 N–H and O–H groups in total. The highest BCUT2D eigenvalue weighted by Gasteiger charge is 2.19. The first-order chi connectivity index (χ1) is 19.3. The quantitative estimate of drug-likeness (QED) is 0.162. The number of rotatable bonds is 15. The van der Waals surface area contributed by atoms with E-state index in [1.165, 1.54) is 4.90 Å². The molecule has 3 aromatic carbocycles. The fraction of sp³-hybridized carbons (Fsp3) is 0.375. The van der Waals surface area contributed by atoms with Gasteiger partial charge < -0.3 is 24.2 Å². The summed E-state index contributed by atoms with van der Waals surface area (Å²) in [6.07, 6.45) is -0.187. The lowest BCUT2D eigenvalue weighted by Gasteiger charge is -2.23. The largest absolute Gasteiger partial charge is 0.492 e. The average Bonchev–Trinajstić information content (AvgIpc) is 2.93. The van der Waals surface area contributed by atoms with Crippen LogP contribution in [0.4, 0.5) is 4.79 Å². The van der Waals surface area contributed by atoms with Gasteiger partial charge in [0.15, 0.2) is 6.10 Å². The summed E-state index contributed by atoms with van der Waals surface area (Å²) in [5.41, 5.74) is 3.83. The molecule has 0 aliphatic rings. The Bertz CT molecular complexity index is 1210. The Morgan fingerprint density at radius 2 is 1.62 bits per heavy atom. The minimum absolute atomic E-state index is 0.280.